The number of aromatic nitrogens is 4. The maximum atomic E-state index is 11.8. The van der Waals surface area contributed by atoms with Crippen molar-refractivity contribution >= 4 is 11.6 Å². The van der Waals surface area contributed by atoms with Crippen molar-refractivity contribution in [3.63, 3.8) is 0 Å². The summed E-state index contributed by atoms with van der Waals surface area (Å²) in [5.41, 5.74) is 0. The largest absolute Gasteiger partial charge is 0.299 e. The maximum absolute atomic E-state index is 11.8. The van der Waals surface area contributed by atoms with Crippen LogP contribution in [0.15, 0.2) is 0 Å². The zero-order valence-electron chi connectivity index (χ0n) is 8.51. The molecule has 1 aromatic heterocycles. The minimum atomic E-state index is -0.539. The second-order valence-electron chi connectivity index (χ2n) is 3.73. The third kappa shape index (κ3) is 1.93. The minimum absolute atomic E-state index is 0.0127. The zero-order valence-corrected chi connectivity index (χ0v) is 8.51. The molecule has 0 N–H and O–H groups in total. The van der Waals surface area contributed by atoms with Crippen LogP contribution < -0.4 is 0 Å². The molecule has 0 aromatic carbocycles. The van der Waals surface area contributed by atoms with Crippen LogP contribution in [-0.4, -0.2) is 31.8 Å². The zero-order chi connectivity index (χ0) is 10.8. The molecule has 1 saturated carbocycles. The van der Waals surface area contributed by atoms with E-state index < -0.39 is 5.92 Å². The number of aryl methyl sites for hydroxylation is 1. The second-order valence-corrected chi connectivity index (χ2v) is 3.73. The predicted octanol–water partition coefficient (Wildman–Crippen LogP) is 0.152. The lowest BCUT2D eigenvalue weighted by Crippen LogP contribution is -2.28. The minimum Gasteiger partial charge on any atom is -0.299 e. The number of Topliss-reactive ketones (excluding diaryl/α,β-unsaturated/α-hetero) is 2. The molecular weight excluding hydrogens is 196 g/mol. The Morgan fingerprint density at radius 3 is 2.87 bits per heavy atom. The van der Waals surface area contributed by atoms with Gasteiger partial charge in [0.25, 0.3) is 0 Å². The van der Waals surface area contributed by atoms with E-state index in [0.717, 1.165) is 12.8 Å². The van der Waals surface area contributed by atoms with Gasteiger partial charge in [-0.3, -0.25) is 9.59 Å². The molecule has 6 heteroatoms. The van der Waals surface area contributed by atoms with Gasteiger partial charge in [-0.15, -0.1) is 10.2 Å². The molecule has 1 atom stereocenters. The lowest BCUT2D eigenvalue weighted by Gasteiger charge is -2.17. The molecule has 6 nitrogen and oxygen atoms in total. The van der Waals surface area contributed by atoms with E-state index >= 15 is 0 Å². The Hall–Kier alpha value is -1.59. The summed E-state index contributed by atoms with van der Waals surface area (Å²) in [5.74, 6) is -0.757. The van der Waals surface area contributed by atoms with E-state index in [1.54, 1.807) is 7.05 Å². The summed E-state index contributed by atoms with van der Waals surface area (Å²) >= 11 is 0. The third-order valence-electron chi connectivity index (χ3n) is 2.60. The van der Waals surface area contributed by atoms with Crippen molar-refractivity contribution in [2.45, 2.75) is 25.7 Å². The number of rotatable bonds is 2. The van der Waals surface area contributed by atoms with Crippen molar-refractivity contribution in [2.75, 3.05) is 0 Å². The molecule has 0 aliphatic heterocycles. The Morgan fingerprint density at radius 1 is 1.47 bits per heavy atom. The predicted molar refractivity (Wildman–Crippen MR) is 50.1 cm³/mol. The Labute approximate surface area is 86.7 Å². The third-order valence-corrected chi connectivity index (χ3v) is 2.60. The van der Waals surface area contributed by atoms with Gasteiger partial charge < -0.3 is 0 Å². The molecular formula is C9H12N4O2. The first-order chi connectivity index (χ1) is 7.18. The summed E-state index contributed by atoms with van der Waals surface area (Å²) < 4.78 is 0. The molecule has 1 aliphatic carbocycles. The molecule has 1 heterocycles. The fourth-order valence-electron chi connectivity index (χ4n) is 1.80. The van der Waals surface area contributed by atoms with Crippen LogP contribution in [0.3, 0.4) is 0 Å². The van der Waals surface area contributed by atoms with E-state index in [1.165, 1.54) is 4.80 Å². The first kappa shape index (κ1) is 9.95. The molecule has 1 unspecified atom stereocenters. The highest BCUT2D eigenvalue weighted by molar-refractivity contribution is 6.09. The highest BCUT2D eigenvalue weighted by Gasteiger charge is 2.31. The van der Waals surface area contributed by atoms with E-state index in [-0.39, 0.29) is 17.4 Å². The number of hydrogen-bond donors (Lipinski definition) is 0. The van der Waals surface area contributed by atoms with Gasteiger partial charge in [0.2, 0.25) is 11.6 Å². The van der Waals surface area contributed by atoms with Gasteiger partial charge in [0.1, 0.15) is 5.78 Å². The Morgan fingerprint density at radius 2 is 2.27 bits per heavy atom. The van der Waals surface area contributed by atoms with Crippen molar-refractivity contribution < 1.29 is 9.59 Å². The van der Waals surface area contributed by atoms with E-state index in [2.05, 4.69) is 15.4 Å². The molecule has 2 rings (SSSR count). The van der Waals surface area contributed by atoms with Gasteiger partial charge in [-0.05, 0) is 18.1 Å². The van der Waals surface area contributed by atoms with Crippen molar-refractivity contribution in [3.05, 3.63) is 5.82 Å². The number of carbonyl (C=O) groups is 2. The van der Waals surface area contributed by atoms with E-state index in [4.69, 9.17) is 0 Å². The normalized spacial score (nSPS) is 21.7. The molecule has 1 aliphatic rings. The lowest BCUT2D eigenvalue weighted by molar-refractivity contribution is -0.122. The SMILES string of the molecule is Cn1nnc(C(=O)C2CCCCC2=O)n1. The van der Waals surface area contributed by atoms with Gasteiger partial charge in [0.15, 0.2) is 0 Å². The molecule has 0 spiro atoms. The van der Waals surface area contributed by atoms with Gasteiger partial charge in [-0.25, -0.2) is 0 Å². The fraction of sp³-hybridized carbons (Fsp3) is 0.667. The number of carbonyl (C=O) groups excluding carboxylic acids is 2. The average molecular weight is 208 g/mol. The number of hydrogen-bond acceptors (Lipinski definition) is 5. The molecule has 1 fully saturated rings. The van der Waals surface area contributed by atoms with E-state index in [9.17, 15) is 9.59 Å². The molecule has 15 heavy (non-hydrogen) atoms. The highest BCUT2D eigenvalue weighted by Crippen LogP contribution is 2.22. The van der Waals surface area contributed by atoms with Crippen LogP contribution in [-0.2, 0) is 11.8 Å². The monoisotopic (exact) mass is 208 g/mol. The average Bonchev–Trinajstić information content (AvgIpc) is 2.65. The van der Waals surface area contributed by atoms with Gasteiger partial charge in [0.05, 0.1) is 13.0 Å². The van der Waals surface area contributed by atoms with Crippen LogP contribution in [0, 0.1) is 5.92 Å². The Balaban J connectivity index is 2.16. The lowest BCUT2D eigenvalue weighted by atomic mass is 9.85. The summed E-state index contributed by atoms with van der Waals surface area (Å²) in [6.45, 7) is 0. The quantitative estimate of drug-likeness (QED) is 0.510. The van der Waals surface area contributed by atoms with Crippen molar-refractivity contribution in [1.29, 1.82) is 0 Å². The Kier molecular flexibility index (Phi) is 2.57. The van der Waals surface area contributed by atoms with Crippen LogP contribution in [0.25, 0.3) is 0 Å². The second kappa shape index (κ2) is 3.88. The van der Waals surface area contributed by atoms with Gasteiger partial charge >= 0.3 is 0 Å². The van der Waals surface area contributed by atoms with E-state index in [1.807, 2.05) is 0 Å². The van der Waals surface area contributed by atoms with Crippen LogP contribution in [0.4, 0.5) is 0 Å². The van der Waals surface area contributed by atoms with Crippen molar-refractivity contribution in [2.24, 2.45) is 13.0 Å². The fourth-order valence-corrected chi connectivity index (χ4v) is 1.80. The summed E-state index contributed by atoms with van der Waals surface area (Å²) in [6, 6.07) is 0. The topological polar surface area (TPSA) is 77.7 Å². The molecule has 0 radical (unpaired) electrons. The number of tetrazole rings is 1. The first-order valence-electron chi connectivity index (χ1n) is 4.99. The summed E-state index contributed by atoms with van der Waals surface area (Å²) in [5, 5.41) is 11.0. The highest BCUT2D eigenvalue weighted by atomic mass is 16.2. The van der Waals surface area contributed by atoms with E-state index in [0.29, 0.717) is 12.8 Å². The van der Waals surface area contributed by atoms with Gasteiger partial charge in [-0.2, -0.15) is 4.80 Å². The molecule has 1 aromatic rings. The first-order valence-corrected chi connectivity index (χ1v) is 4.99. The van der Waals surface area contributed by atoms with Crippen LogP contribution in [0.1, 0.15) is 36.3 Å². The molecule has 0 amide bonds. The maximum Gasteiger partial charge on any atom is 0.241 e. The summed E-state index contributed by atoms with van der Waals surface area (Å²) in [6.07, 6.45) is 2.92. The van der Waals surface area contributed by atoms with Crippen LogP contribution in [0.5, 0.6) is 0 Å². The van der Waals surface area contributed by atoms with Gasteiger partial charge in [0, 0.05) is 6.42 Å². The van der Waals surface area contributed by atoms with Gasteiger partial charge in [-0.1, -0.05) is 6.42 Å². The number of nitrogens with zero attached hydrogens (tertiary/aromatic N) is 4. The summed E-state index contributed by atoms with van der Waals surface area (Å²) in [4.78, 5) is 24.6. The molecule has 0 bridgehead atoms. The molecule has 80 valence electrons. The number of ketones is 2. The van der Waals surface area contributed by atoms with Crippen LogP contribution in [0.2, 0.25) is 0 Å². The van der Waals surface area contributed by atoms with Crippen LogP contribution >= 0.6 is 0 Å². The molecule has 0 saturated heterocycles. The Bertz CT molecular complexity index is 399. The van der Waals surface area contributed by atoms with Crippen molar-refractivity contribution in [3.8, 4) is 0 Å². The summed E-state index contributed by atoms with van der Waals surface area (Å²) in [7, 11) is 1.59. The standard InChI is InChI=1S/C9H12N4O2/c1-13-11-9(10-12-13)8(15)6-4-2-3-5-7(6)14/h6H,2-5H2,1H3. The smallest absolute Gasteiger partial charge is 0.241 e. The van der Waals surface area contributed by atoms with Crippen molar-refractivity contribution in [1.82, 2.24) is 20.2 Å².